The summed E-state index contributed by atoms with van der Waals surface area (Å²) in [6, 6.07) is 4.83. The van der Waals surface area contributed by atoms with Gasteiger partial charge in [0.2, 0.25) is 5.88 Å². The maximum Gasteiger partial charge on any atom is 0.280 e. The summed E-state index contributed by atoms with van der Waals surface area (Å²) >= 11 is 5.90. The SMILES string of the molecule is Cl.NCc1cc(F)c(-n2cnc(OCc3ccc(F)cc3F)c(Cl)c2=O)c(F)c1. The Kier molecular flexibility index (Phi) is 7.23. The van der Waals surface area contributed by atoms with Gasteiger partial charge in [0.1, 0.15) is 30.3 Å². The molecule has 0 saturated carbocycles. The van der Waals surface area contributed by atoms with Gasteiger partial charge in [-0.25, -0.2) is 22.5 Å². The molecule has 0 aliphatic carbocycles. The Labute approximate surface area is 173 Å². The molecule has 0 fully saturated rings. The quantitative estimate of drug-likeness (QED) is 0.599. The van der Waals surface area contributed by atoms with Crippen LogP contribution in [0.25, 0.3) is 5.69 Å². The number of ether oxygens (including phenoxy) is 1. The Bertz CT molecular complexity index is 1090. The van der Waals surface area contributed by atoms with Gasteiger partial charge in [0.05, 0.1) is 0 Å². The summed E-state index contributed by atoms with van der Waals surface area (Å²) < 4.78 is 60.8. The van der Waals surface area contributed by atoms with E-state index in [-0.39, 0.29) is 36.0 Å². The van der Waals surface area contributed by atoms with Crippen molar-refractivity contribution in [2.75, 3.05) is 0 Å². The number of hydrogen-bond acceptors (Lipinski definition) is 4. The fraction of sp³-hybridized carbons (Fsp3) is 0.111. The van der Waals surface area contributed by atoms with Gasteiger partial charge < -0.3 is 10.5 Å². The molecule has 29 heavy (non-hydrogen) atoms. The largest absolute Gasteiger partial charge is 0.471 e. The summed E-state index contributed by atoms with van der Waals surface area (Å²) in [5.41, 5.74) is 3.88. The van der Waals surface area contributed by atoms with Crippen LogP contribution in [0.1, 0.15) is 11.1 Å². The third-order valence-electron chi connectivity index (χ3n) is 3.82. The van der Waals surface area contributed by atoms with Crippen molar-refractivity contribution < 1.29 is 22.3 Å². The van der Waals surface area contributed by atoms with Crippen LogP contribution in [0.2, 0.25) is 5.02 Å². The van der Waals surface area contributed by atoms with Gasteiger partial charge in [0.25, 0.3) is 5.56 Å². The molecule has 0 aliphatic heterocycles. The van der Waals surface area contributed by atoms with Crippen molar-refractivity contribution in [3.8, 4) is 11.6 Å². The second kappa shape index (κ2) is 9.25. The van der Waals surface area contributed by atoms with Crippen molar-refractivity contribution in [3.05, 3.63) is 86.4 Å². The summed E-state index contributed by atoms with van der Waals surface area (Å²) in [6.45, 7) is -0.481. The molecule has 2 N–H and O–H groups in total. The molecule has 0 spiro atoms. The fourth-order valence-electron chi connectivity index (χ4n) is 2.43. The lowest BCUT2D eigenvalue weighted by molar-refractivity contribution is 0.286. The minimum atomic E-state index is -1.03. The van der Waals surface area contributed by atoms with Crippen LogP contribution in [-0.2, 0) is 13.2 Å². The number of benzene rings is 2. The maximum atomic E-state index is 14.2. The summed E-state index contributed by atoms with van der Waals surface area (Å²) in [7, 11) is 0. The van der Waals surface area contributed by atoms with Crippen LogP contribution in [0.4, 0.5) is 17.6 Å². The van der Waals surface area contributed by atoms with E-state index in [0.717, 1.165) is 30.6 Å². The van der Waals surface area contributed by atoms with E-state index < -0.39 is 46.1 Å². The first kappa shape index (κ1) is 22.7. The zero-order valence-corrected chi connectivity index (χ0v) is 16.0. The predicted molar refractivity (Wildman–Crippen MR) is 101 cm³/mol. The van der Waals surface area contributed by atoms with E-state index in [1.807, 2.05) is 0 Å². The molecule has 11 heteroatoms. The molecule has 3 aromatic rings. The minimum Gasteiger partial charge on any atom is -0.471 e. The lowest BCUT2D eigenvalue weighted by Crippen LogP contribution is -2.22. The van der Waals surface area contributed by atoms with E-state index >= 15 is 0 Å². The highest BCUT2D eigenvalue weighted by Gasteiger charge is 2.19. The lowest BCUT2D eigenvalue weighted by atomic mass is 10.2. The van der Waals surface area contributed by atoms with Crippen LogP contribution in [0.15, 0.2) is 41.5 Å². The number of rotatable bonds is 5. The molecule has 0 aliphatic rings. The number of aromatic nitrogens is 2. The second-order valence-corrected chi connectivity index (χ2v) is 6.05. The van der Waals surface area contributed by atoms with Crippen LogP contribution >= 0.6 is 24.0 Å². The standard InChI is InChI=1S/C18H12ClF4N3O2.ClH/c19-15-17(28-7-10-1-2-11(20)5-12(10)21)25-8-26(18(15)27)16-13(22)3-9(6-24)4-14(16)23;/h1-5,8H,6-7,24H2;1H. The Hall–Kier alpha value is -2.62. The molecule has 5 nitrogen and oxygen atoms in total. The van der Waals surface area contributed by atoms with Gasteiger partial charge in [0.15, 0.2) is 16.7 Å². The average Bonchev–Trinajstić information content (AvgIpc) is 2.65. The lowest BCUT2D eigenvalue weighted by Gasteiger charge is -2.12. The van der Waals surface area contributed by atoms with Gasteiger partial charge in [-0.1, -0.05) is 11.6 Å². The highest BCUT2D eigenvalue weighted by atomic mass is 35.5. The molecular weight excluding hydrogens is 437 g/mol. The average molecular weight is 450 g/mol. The Morgan fingerprint density at radius 1 is 1.07 bits per heavy atom. The number of nitrogens with zero attached hydrogens (tertiary/aromatic N) is 2. The van der Waals surface area contributed by atoms with E-state index in [1.54, 1.807) is 0 Å². The van der Waals surface area contributed by atoms with Gasteiger partial charge in [-0.3, -0.25) is 9.36 Å². The number of halogens is 6. The molecule has 0 atom stereocenters. The Morgan fingerprint density at radius 3 is 2.31 bits per heavy atom. The first-order valence-electron chi connectivity index (χ1n) is 7.84. The van der Waals surface area contributed by atoms with Crippen LogP contribution in [0.5, 0.6) is 5.88 Å². The molecule has 0 unspecified atom stereocenters. The summed E-state index contributed by atoms with van der Waals surface area (Å²) in [5, 5.41) is -0.563. The van der Waals surface area contributed by atoms with Crippen molar-refractivity contribution >= 4 is 24.0 Å². The van der Waals surface area contributed by atoms with Crippen LogP contribution in [-0.4, -0.2) is 9.55 Å². The maximum absolute atomic E-state index is 14.2. The monoisotopic (exact) mass is 449 g/mol. The van der Waals surface area contributed by atoms with Crippen molar-refractivity contribution in [2.24, 2.45) is 5.73 Å². The highest BCUT2D eigenvalue weighted by molar-refractivity contribution is 6.31. The van der Waals surface area contributed by atoms with Crippen molar-refractivity contribution in [3.63, 3.8) is 0 Å². The summed E-state index contributed by atoms with van der Waals surface area (Å²) in [6.07, 6.45) is 0.828. The zero-order valence-electron chi connectivity index (χ0n) is 14.5. The van der Waals surface area contributed by atoms with Crippen LogP contribution in [0.3, 0.4) is 0 Å². The normalized spacial score (nSPS) is 10.6. The molecule has 1 heterocycles. The minimum absolute atomic E-state index is 0. The smallest absolute Gasteiger partial charge is 0.280 e. The molecule has 0 bridgehead atoms. The zero-order chi connectivity index (χ0) is 20.4. The third-order valence-corrected chi connectivity index (χ3v) is 4.14. The first-order chi connectivity index (χ1) is 13.3. The first-order valence-corrected chi connectivity index (χ1v) is 8.22. The highest BCUT2D eigenvalue weighted by Crippen LogP contribution is 2.23. The second-order valence-electron chi connectivity index (χ2n) is 5.68. The molecule has 1 aromatic heterocycles. The molecule has 0 amide bonds. The summed E-state index contributed by atoms with van der Waals surface area (Å²) in [4.78, 5) is 16.2. The van der Waals surface area contributed by atoms with E-state index in [9.17, 15) is 22.4 Å². The fourth-order valence-corrected chi connectivity index (χ4v) is 2.62. The van der Waals surface area contributed by atoms with Gasteiger partial charge in [-0.2, -0.15) is 0 Å². The van der Waals surface area contributed by atoms with Crippen molar-refractivity contribution in [2.45, 2.75) is 13.2 Å². The third kappa shape index (κ3) is 4.69. The van der Waals surface area contributed by atoms with E-state index in [0.29, 0.717) is 10.6 Å². The van der Waals surface area contributed by atoms with Crippen molar-refractivity contribution in [1.29, 1.82) is 0 Å². The van der Waals surface area contributed by atoms with Gasteiger partial charge in [0, 0.05) is 18.2 Å². The molecular formula is C18H13Cl2F4N3O2. The molecule has 154 valence electrons. The molecule has 3 rings (SSSR count). The van der Waals surface area contributed by atoms with Gasteiger partial charge in [-0.15, -0.1) is 12.4 Å². The topological polar surface area (TPSA) is 70.1 Å². The van der Waals surface area contributed by atoms with Crippen molar-refractivity contribution in [1.82, 2.24) is 9.55 Å². The number of nitrogens with two attached hydrogens (primary N) is 1. The Balaban J connectivity index is 0.00000300. The van der Waals surface area contributed by atoms with Crippen LogP contribution in [0, 0.1) is 23.3 Å². The van der Waals surface area contributed by atoms with E-state index in [1.165, 1.54) is 0 Å². The molecule has 2 aromatic carbocycles. The van der Waals surface area contributed by atoms with E-state index in [2.05, 4.69) is 4.98 Å². The Morgan fingerprint density at radius 2 is 1.72 bits per heavy atom. The predicted octanol–water partition coefficient (Wildman–Crippen LogP) is 3.90. The molecule has 0 radical (unpaired) electrons. The van der Waals surface area contributed by atoms with Gasteiger partial charge >= 0.3 is 0 Å². The van der Waals surface area contributed by atoms with E-state index in [4.69, 9.17) is 22.1 Å². The van der Waals surface area contributed by atoms with Gasteiger partial charge in [-0.05, 0) is 29.8 Å². The van der Waals surface area contributed by atoms with Crippen LogP contribution < -0.4 is 16.0 Å². The number of hydrogen-bond donors (Lipinski definition) is 1. The summed E-state index contributed by atoms with van der Waals surface area (Å²) in [5.74, 6) is -4.03. The molecule has 0 saturated heterocycles.